The highest BCUT2D eigenvalue weighted by molar-refractivity contribution is 7.78. The van der Waals surface area contributed by atoms with Crippen LogP contribution in [0, 0.1) is 0 Å². The van der Waals surface area contributed by atoms with Crippen LogP contribution >= 0.6 is 12.2 Å². The van der Waals surface area contributed by atoms with Crippen LogP contribution in [0.25, 0.3) is 0 Å². The van der Waals surface area contributed by atoms with Gasteiger partial charge in [0, 0.05) is 5.37 Å². The van der Waals surface area contributed by atoms with Crippen molar-refractivity contribution in [2.24, 2.45) is 0 Å². The molecular formula is C16H31S. The Morgan fingerprint density at radius 3 is 1.29 bits per heavy atom. The molecular weight excluding hydrogens is 224 g/mol. The van der Waals surface area contributed by atoms with E-state index in [1.54, 1.807) is 0 Å². The van der Waals surface area contributed by atoms with Gasteiger partial charge in [0.2, 0.25) is 0 Å². The number of thiocarbonyl (C=S) groups is 1. The predicted molar refractivity (Wildman–Crippen MR) is 82.9 cm³/mol. The Morgan fingerprint density at radius 2 is 0.941 bits per heavy atom. The lowest BCUT2D eigenvalue weighted by Crippen LogP contribution is -1.83. The highest BCUT2D eigenvalue weighted by Gasteiger charge is 1.93. The molecule has 1 heteroatoms. The normalized spacial score (nSPS) is 10.6. The lowest BCUT2D eigenvalue weighted by molar-refractivity contribution is 0.541. The highest BCUT2D eigenvalue weighted by Crippen LogP contribution is 2.12. The molecule has 0 aromatic carbocycles. The monoisotopic (exact) mass is 255 g/mol. The van der Waals surface area contributed by atoms with E-state index in [-0.39, 0.29) is 0 Å². The molecule has 0 aromatic rings. The van der Waals surface area contributed by atoms with Gasteiger partial charge in [-0.25, -0.2) is 0 Å². The fraction of sp³-hybridized carbons (Fsp3) is 0.938. The maximum absolute atomic E-state index is 4.69. The van der Waals surface area contributed by atoms with Crippen molar-refractivity contribution in [3.63, 3.8) is 0 Å². The van der Waals surface area contributed by atoms with Crippen LogP contribution < -0.4 is 0 Å². The molecule has 0 atom stereocenters. The lowest BCUT2D eigenvalue weighted by Gasteiger charge is -2.02. The third-order valence-corrected chi connectivity index (χ3v) is 3.59. The van der Waals surface area contributed by atoms with Crippen LogP contribution in [0.3, 0.4) is 0 Å². The zero-order valence-corrected chi connectivity index (χ0v) is 12.6. The molecule has 0 saturated heterocycles. The molecule has 0 aliphatic heterocycles. The van der Waals surface area contributed by atoms with Gasteiger partial charge >= 0.3 is 0 Å². The van der Waals surface area contributed by atoms with Gasteiger partial charge < -0.3 is 0 Å². The van der Waals surface area contributed by atoms with Crippen molar-refractivity contribution in [2.75, 3.05) is 0 Å². The SMILES string of the molecule is CCCCCCCCCCCCCCC[C]=S. The second kappa shape index (κ2) is 16.1. The molecule has 101 valence electrons. The summed E-state index contributed by atoms with van der Waals surface area (Å²) in [6.45, 7) is 2.28. The zero-order valence-electron chi connectivity index (χ0n) is 11.8. The second-order valence-electron chi connectivity index (χ2n) is 5.14. The van der Waals surface area contributed by atoms with Crippen molar-refractivity contribution in [1.82, 2.24) is 0 Å². The quantitative estimate of drug-likeness (QED) is 0.257. The summed E-state index contributed by atoms with van der Waals surface area (Å²) < 4.78 is 0. The minimum Gasteiger partial charge on any atom is -0.0837 e. The van der Waals surface area contributed by atoms with Crippen LogP contribution in [0.2, 0.25) is 0 Å². The number of hydrogen-bond acceptors (Lipinski definition) is 1. The molecule has 17 heavy (non-hydrogen) atoms. The van der Waals surface area contributed by atoms with E-state index in [0.29, 0.717) is 0 Å². The third kappa shape index (κ3) is 16.1. The van der Waals surface area contributed by atoms with Crippen LogP contribution in [0.4, 0.5) is 0 Å². The largest absolute Gasteiger partial charge is 0.0837 e. The van der Waals surface area contributed by atoms with Crippen molar-refractivity contribution in [3.05, 3.63) is 0 Å². The summed E-state index contributed by atoms with van der Waals surface area (Å²) in [5.74, 6) is 0. The first kappa shape index (κ1) is 17.1. The first-order chi connectivity index (χ1) is 8.41. The average Bonchev–Trinajstić information content (AvgIpc) is 2.35. The van der Waals surface area contributed by atoms with E-state index in [4.69, 9.17) is 0 Å². The van der Waals surface area contributed by atoms with Gasteiger partial charge in [0.1, 0.15) is 0 Å². The first-order valence-corrected chi connectivity index (χ1v) is 8.17. The van der Waals surface area contributed by atoms with Gasteiger partial charge in [0.05, 0.1) is 0 Å². The molecule has 0 amide bonds. The molecule has 0 unspecified atom stereocenters. The molecule has 0 rings (SSSR count). The predicted octanol–water partition coefficient (Wildman–Crippen LogP) is 6.34. The van der Waals surface area contributed by atoms with Gasteiger partial charge in [0.25, 0.3) is 0 Å². The molecule has 0 saturated carbocycles. The molecule has 0 bridgehead atoms. The topological polar surface area (TPSA) is 0 Å². The van der Waals surface area contributed by atoms with Gasteiger partial charge in [-0.05, 0) is 12.8 Å². The molecule has 0 heterocycles. The van der Waals surface area contributed by atoms with E-state index in [0.717, 1.165) is 6.42 Å². The Balaban J connectivity index is 2.87. The Labute approximate surface area is 115 Å². The van der Waals surface area contributed by atoms with E-state index >= 15 is 0 Å². The van der Waals surface area contributed by atoms with E-state index in [9.17, 15) is 0 Å². The van der Waals surface area contributed by atoms with E-state index in [1.807, 2.05) is 0 Å². The van der Waals surface area contributed by atoms with Gasteiger partial charge in [-0.3, -0.25) is 0 Å². The van der Waals surface area contributed by atoms with Crippen LogP contribution in [0.1, 0.15) is 96.8 Å². The summed E-state index contributed by atoms with van der Waals surface area (Å²) in [4.78, 5) is 0. The summed E-state index contributed by atoms with van der Waals surface area (Å²) in [5.41, 5.74) is 0. The van der Waals surface area contributed by atoms with Crippen molar-refractivity contribution in [1.29, 1.82) is 0 Å². The third-order valence-electron chi connectivity index (χ3n) is 3.38. The molecule has 0 fully saturated rings. The highest BCUT2D eigenvalue weighted by atomic mass is 32.1. The fourth-order valence-corrected chi connectivity index (χ4v) is 2.36. The van der Waals surface area contributed by atoms with Crippen molar-refractivity contribution in [3.8, 4) is 0 Å². The van der Waals surface area contributed by atoms with E-state index in [1.165, 1.54) is 83.5 Å². The Morgan fingerprint density at radius 1 is 0.588 bits per heavy atom. The molecule has 0 nitrogen and oxygen atoms in total. The molecule has 0 aromatic heterocycles. The summed E-state index contributed by atoms with van der Waals surface area (Å²) in [6, 6.07) is 0. The number of hydrogen-bond donors (Lipinski definition) is 0. The van der Waals surface area contributed by atoms with Crippen molar-refractivity contribution in [2.45, 2.75) is 96.8 Å². The average molecular weight is 255 g/mol. The Bertz CT molecular complexity index is 142. The molecule has 0 N–H and O–H groups in total. The van der Waals surface area contributed by atoms with Crippen LogP contribution in [-0.4, -0.2) is 5.37 Å². The van der Waals surface area contributed by atoms with E-state index in [2.05, 4.69) is 24.5 Å². The molecule has 0 spiro atoms. The van der Waals surface area contributed by atoms with Crippen molar-refractivity contribution < 1.29 is 0 Å². The van der Waals surface area contributed by atoms with Gasteiger partial charge in [-0.2, -0.15) is 0 Å². The summed E-state index contributed by atoms with van der Waals surface area (Å²) in [7, 11) is 0. The first-order valence-electron chi connectivity index (χ1n) is 7.76. The maximum atomic E-state index is 4.69. The fourth-order valence-electron chi connectivity index (χ4n) is 2.21. The molecule has 0 aliphatic carbocycles. The maximum Gasteiger partial charge on any atom is 0.0291 e. The van der Waals surface area contributed by atoms with Gasteiger partial charge in [0.15, 0.2) is 0 Å². The van der Waals surface area contributed by atoms with Gasteiger partial charge in [-0.15, -0.1) is 0 Å². The number of rotatable bonds is 14. The standard InChI is InChI=1S/C16H31S/c1-2-3-4-5-6-7-8-9-10-11-12-13-14-15-16-17/h2-15H2,1H3. The molecule has 0 aliphatic rings. The lowest BCUT2D eigenvalue weighted by atomic mass is 10.0. The van der Waals surface area contributed by atoms with Crippen LogP contribution in [-0.2, 0) is 0 Å². The smallest absolute Gasteiger partial charge is 0.0291 e. The second-order valence-corrected chi connectivity index (χ2v) is 5.43. The Hall–Kier alpha value is 0.0900. The number of unbranched alkanes of at least 4 members (excludes halogenated alkanes) is 13. The van der Waals surface area contributed by atoms with Crippen LogP contribution in [0.5, 0.6) is 0 Å². The minimum atomic E-state index is 1.01. The minimum absolute atomic E-state index is 1.01. The summed E-state index contributed by atoms with van der Waals surface area (Å²) in [6.07, 6.45) is 19.4. The molecule has 1 radical (unpaired) electrons. The van der Waals surface area contributed by atoms with Gasteiger partial charge in [-0.1, -0.05) is 96.2 Å². The summed E-state index contributed by atoms with van der Waals surface area (Å²) >= 11 is 4.69. The van der Waals surface area contributed by atoms with Crippen molar-refractivity contribution >= 4 is 17.6 Å². The Kier molecular flexibility index (Phi) is 16.2. The summed E-state index contributed by atoms with van der Waals surface area (Å²) in [5, 5.41) is 2.79. The van der Waals surface area contributed by atoms with E-state index < -0.39 is 0 Å². The zero-order chi connectivity index (χ0) is 12.6. The van der Waals surface area contributed by atoms with Crippen LogP contribution in [0.15, 0.2) is 0 Å².